The minimum atomic E-state index is -0.838. The summed E-state index contributed by atoms with van der Waals surface area (Å²) in [5.74, 6) is -2.09. The number of halogens is 1. The molecule has 2 aromatic rings. The zero-order chi connectivity index (χ0) is 19.8. The zero-order valence-electron chi connectivity index (χ0n) is 13.8. The third kappa shape index (κ3) is 6.08. The van der Waals surface area contributed by atoms with Gasteiger partial charge in [0.1, 0.15) is 11.6 Å². The van der Waals surface area contributed by atoms with Crippen LogP contribution in [-0.2, 0) is 14.3 Å². The number of benzene rings is 2. The highest BCUT2D eigenvalue weighted by atomic mass is 35.5. The summed E-state index contributed by atoms with van der Waals surface area (Å²) in [6, 6.07) is 12.1. The van der Waals surface area contributed by atoms with E-state index in [0.717, 1.165) is 6.07 Å². The third-order valence-corrected chi connectivity index (χ3v) is 3.54. The van der Waals surface area contributed by atoms with E-state index in [1.165, 1.54) is 12.1 Å². The number of nitrogens with zero attached hydrogens (tertiary/aromatic N) is 1. The lowest BCUT2D eigenvalue weighted by atomic mass is 10.2. The minimum Gasteiger partial charge on any atom is -0.454 e. The van der Waals surface area contributed by atoms with Crippen LogP contribution in [-0.4, -0.2) is 35.9 Å². The maximum Gasteiger partial charge on any atom is 0.325 e. The average molecular weight is 392 g/mol. The molecule has 0 aliphatic rings. The first-order chi connectivity index (χ1) is 12.9. The lowest BCUT2D eigenvalue weighted by Gasteiger charge is -2.08. The summed E-state index contributed by atoms with van der Waals surface area (Å²) in [7, 11) is 0. The van der Waals surface area contributed by atoms with Gasteiger partial charge in [-0.3, -0.25) is 24.5 Å². The smallest absolute Gasteiger partial charge is 0.325 e. The summed E-state index contributed by atoms with van der Waals surface area (Å²) < 4.78 is 4.75. The molecule has 10 heteroatoms. The summed E-state index contributed by atoms with van der Waals surface area (Å²) in [4.78, 5) is 45.3. The SMILES string of the molecule is O=C(COC(=O)CNC(=O)c1ccc(Cl)c([N+](=O)[O-])c1)Nc1ccccc1. The van der Waals surface area contributed by atoms with Gasteiger partial charge in [0.05, 0.1) is 4.92 Å². The standard InChI is InChI=1S/C17H14ClN3O6/c18-13-7-6-11(8-14(13)21(25)26)17(24)19-9-16(23)27-10-15(22)20-12-4-2-1-3-5-12/h1-8H,9-10H2,(H,19,24)(H,20,22). The van der Waals surface area contributed by atoms with Crippen molar-refractivity contribution < 1.29 is 24.0 Å². The third-order valence-electron chi connectivity index (χ3n) is 3.22. The Balaban J connectivity index is 1.79. The van der Waals surface area contributed by atoms with Gasteiger partial charge in [0.2, 0.25) is 0 Å². The number of para-hydroxylation sites is 1. The fraction of sp³-hybridized carbons (Fsp3) is 0.118. The van der Waals surface area contributed by atoms with Crippen molar-refractivity contribution in [2.75, 3.05) is 18.5 Å². The van der Waals surface area contributed by atoms with Crippen LogP contribution in [0, 0.1) is 10.1 Å². The van der Waals surface area contributed by atoms with Crippen LogP contribution in [0.25, 0.3) is 0 Å². The van der Waals surface area contributed by atoms with Crippen molar-refractivity contribution in [2.45, 2.75) is 0 Å². The van der Waals surface area contributed by atoms with E-state index in [0.29, 0.717) is 5.69 Å². The number of nitro groups is 1. The van der Waals surface area contributed by atoms with E-state index in [4.69, 9.17) is 16.3 Å². The Labute approximate surface area is 158 Å². The van der Waals surface area contributed by atoms with E-state index in [-0.39, 0.29) is 10.6 Å². The molecule has 0 unspecified atom stereocenters. The fourth-order valence-corrected chi connectivity index (χ4v) is 2.15. The molecule has 0 saturated carbocycles. The first kappa shape index (κ1) is 19.9. The Morgan fingerprint density at radius 2 is 1.81 bits per heavy atom. The molecule has 2 amide bonds. The van der Waals surface area contributed by atoms with Crippen LogP contribution in [0.3, 0.4) is 0 Å². The lowest BCUT2D eigenvalue weighted by Crippen LogP contribution is -2.32. The predicted molar refractivity (Wildman–Crippen MR) is 96.5 cm³/mol. The maximum atomic E-state index is 12.0. The summed E-state index contributed by atoms with van der Waals surface area (Å²) in [5.41, 5.74) is 0.0846. The summed E-state index contributed by atoms with van der Waals surface area (Å²) in [6.45, 7) is -1.02. The van der Waals surface area contributed by atoms with Crippen LogP contribution in [0.5, 0.6) is 0 Å². The molecular formula is C17H14ClN3O6. The molecule has 2 N–H and O–H groups in total. The van der Waals surface area contributed by atoms with Crippen molar-refractivity contribution in [3.05, 3.63) is 69.2 Å². The molecule has 2 rings (SSSR count). The highest BCUT2D eigenvalue weighted by Crippen LogP contribution is 2.24. The molecule has 0 heterocycles. The summed E-state index contributed by atoms with van der Waals surface area (Å²) in [6.07, 6.45) is 0. The largest absolute Gasteiger partial charge is 0.454 e. The predicted octanol–water partition coefficient (Wildman–Crippen LogP) is 2.16. The van der Waals surface area contributed by atoms with Crippen molar-refractivity contribution in [1.82, 2.24) is 5.32 Å². The van der Waals surface area contributed by atoms with E-state index in [1.54, 1.807) is 30.3 Å². The van der Waals surface area contributed by atoms with Gasteiger partial charge in [-0.25, -0.2) is 0 Å². The summed E-state index contributed by atoms with van der Waals surface area (Å²) in [5, 5.41) is 15.5. The van der Waals surface area contributed by atoms with Crippen molar-refractivity contribution in [3.8, 4) is 0 Å². The van der Waals surface area contributed by atoms with Crippen molar-refractivity contribution in [2.24, 2.45) is 0 Å². The number of rotatable bonds is 7. The molecular weight excluding hydrogens is 378 g/mol. The highest BCUT2D eigenvalue weighted by Gasteiger charge is 2.17. The molecule has 0 aromatic heterocycles. The minimum absolute atomic E-state index is 0.0410. The number of hydrogen-bond donors (Lipinski definition) is 2. The number of amides is 2. The van der Waals surface area contributed by atoms with E-state index < -0.39 is 41.5 Å². The van der Waals surface area contributed by atoms with Crippen molar-refractivity contribution in [3.63, 3.8) is 0 Å². The van der Waals surface area contributed by atoms with Gasteiger partial charge < -0.3 is 15.4 Å². The van der Waals surface area contributed by atoms with E-state index in [1.807, 2.05) is 0 Å². The number of hydrogen-bond acceptors (Lipinski definition) is 6. The lowest BCUT2D eigenvalue weighted by molar-refractivity contribution is -0.384. The molecule has 0 spiro atoms. The van der Waals surface area contributed by atoms with Gasteiger partial charge in [0, 0.05) is 17.3 Å². The molecule has 0 fully saturated rings. The first-order valence-corrected chi connectivity index (χ1v) is 7.97. The van der Waals surface area contributed by atoms with Gasteiger partial charge in [0.15, 0.2) is 6.61 Å². The number of carbonyl (C=O) groups excluding carboxylic acids is 3. The molecule has 0 saturated heterocycles. The second kappa shape index (κ2) is 9.30. The van der Waals surface area contributed by atoms with Crippen LogP contribution >= 0.6 is 11.6 Å². The molecule has 0 bridgehead atoms. The van der Waals surface area contributed by atoms with E-state index in [2.05, 4.69) is 10.6 Å². The fourth-order valence-electron chi connectivity index (χ4n) is 1.96. The molecule has 0 radical (unpaired) electrons. The molecule has 0 aliphatic carbocycles. The van der Waals surface area contributed by atoms with E-state index >= 15 is 0 Å². The van der Waals surface area contributed by atoms with Crippen LogP contribution in [0.1, 0.15) is 10.4 Å². The molecule has 2 aromatic carbocycles. The molecule has 140 valence electrons. The van der Waals surface area contributed by atoms with Crippen LogP contribution < -0.4 is 10.6 Å². The van der Waals surface area contributed by atoms with Gasteiger partial charge in [-0.05, 0) is 24.3 Å². The van der Waals surface area contributed by atoms with Crippen molar-refractivity contribution in [1.29, 1.82) is 0 Å². The van der Waals surface area contributed by atoms with Gasteiger partial charge in [-0.15, -0.1) is 0 Å². The molecule has 9 nitrogen and oxygen atoms in total. The van der Waals surface area contributed by atoms with Gasteiger partial charge in [-0.1, -0.05) is 29.8 Å². The second-order valence-corrected chi connectivity index (χ2v) is 5.59. The van der Waals surface area contributed by atoms with Gasteiger partial charge >= 0.3 is 5.97 Å². The zero-order valence-corrected chi connectivity index (χ0v) is 14.6. The number of ether oxygens (including phenoxy) is 1. The number of carbonyl (C=O) groups is 3. The first-order valence-electron chi connectivity index (χ1n) is 7.59. The van der Waals surface area contributed by atoms with Crippen LogP contribution in [0.15, 0.2) is 48.5 Å². The Morgan fingerprint density at radius 1 is 1.11 bits per heavy atom. The van der Waals surface area contributed by atoms with E-state index in [9.17, 15) is 24.5 Å². The Kier molecular flexibility index (Phi) is 6.84. The van der Waals surface area contributed by atoms with Crippen molar-refractivity contribution >= 4 is 40.8 Å². The topological polar surface area (TPSA) is 128 Å². The highest BCUT2D eigenvalue weighted by molar-refractivity contribution is 6.32. The normalized spacial score (nSPS) is 9.96. The number of anilines is 1. The number of nitrogens with one attached hydrogen (secondary N) is 2. The Hall–Kier alpha value is -3.46. The summed E-state index contributed by atoms with van der Waals surface area (Å²) >= 11 is 5.67. The van der Waals surface area contributed by atoms with Crippen LogP contribution in [0.4, 0.5) is 11.4 Å². The number of nitro benzene ring substituents is 1. The Bertz CT molecular complexity index is 872. The maximum absolute atomic E-state index is 12.0. The average Bonchev–Trinajstić information content (AvgIpc) is 2.65. The monoisotopic (exact) mass is 391 g/mol. The number of esters is 1. The van der Waals surface area contributed by atoms with Gasteiger partial charge in [-0.2, -0.15) is 0 Å². The molecule has 0 atom stereocenters. The quantitative estimate of drug-likeness (QED) is 0.423. The van der Waals surface area contributed by atoms with Crippen LogP contribution in [0.2, 0.25) is 5.02 Å². The molecule has 27 heavy (non-hydrogen) atoms. The molecule has 0 aliphatic heterocycles. The second-order valence-electron chi connectivity index (χ2n) is 5.18. The Morgan fingerprint density at radius 3 is 2.48 bits per heavy atom. The van der Waals surface area contributed by atoms with Gasteiger partial charge in [0.25, 0.3) is 17.5 Å².